The lowest BCUT2D eigenvalue weighted by molar-refractivity contribution is -0.152. The van der Waals surface area contributed by atoms with Crippen molar-refractivity contribution in [2.75, 3.05) is 6.61 Å². The third kappa shape index (κ3) is 21.4. The average Bonchev–Trinajstić information content (AvgIpc) is 2.75. The summed E-state index contributed by atoms with van der Waals surface area (Å²) in [6.07, 6.45) is 26.8. The number of carboxylic acid groups (broad SMARTS) is 1. The van der Waals surface area contributed by atoms with E-state index in [0.717, 1.165) is 19.3 Å². The van der Waals surface area contributed by atoms with E-state index in [1.165, 1.54) is 89.5 Å². The van der Waals surface area contributed by atoms with Gasteiger partial charge in [0.2, 0.25) is 0 Å². The molecular formula is C27H48O4. The van der Waals surface area contributed by atoms with Gasteiger partial charge in [0.1, 0.15) is 6.61 Å². The SMILES string of the molecule is C=CCOC(=O)C(CCCCCCCCC/C=C/CCCCCCCCC)CC(=O)O. The fraction of sp³-hybridized carbons (Fsp3) is 0.778. The zero-order valence-electron chi connectivity index (χ0n) is 20.1. The second kappa shape index (κ2) is 23.1. The van der Waals surface area contributed by atoms with Gasteiger partial charge in [-0.1, -0.05) is 109 Å². The Bertz CT molecular complexity index is 470. The molecular weight excluding hydrogens is 388 g/mol. The molecule has 0 aliphatic carbocycles. The summed E-state index contributed by atoms with van der Waals surface area (Å²) in [4.78, 5) is 22.9. The molecule has 0 aliphatic heterocycles. The number of hydrogen-bond acceptors (Lipinski definition) is 3. The van der Waals surface area contributed by atoms with Gasteiger partial charge in [0.25, 0.3) is 0 Å². The zero-order valence-corrected chi connectivity index (χ0v) is 20.1. The number of carbonyl (C=O) groups excluding carboxylic acids is 1. The van der Waals surface area contributed by atoms with Gasteiger partial charge in [-0.25, -0.2) is 0 Å². The molecule has 1 atom stereocenters. The van der Waals surface area contributed by atoms with Crippen LogP contribution in [0.3, 0.4) is 0 Å². The van der Waals surface area contributed by atoms with Gasteiger partial charge in [-0.3, -0.25) is 9.59 Å². The van der Waals surface area contributed by atoms with Crippen LogP contribution in [0, 0.1) is 5.92 Å². The molecule has 0 aliphatic rings. The van der Waals surface area contributed by atoms with Crippen molar-refractivity contribution in [3.8, 4) is 0 Å². The molecule has 0 fully saturated rings. The standard InChI is InChI=1S/C27H48O4/c1-3-5-6-7-8-9-10-11-12-13-14-15-16-17-18-19-20-21-22-25(24-26(28)29)27(30)31-23-4-2/h4,12-13,25H,2-3,5-11,14-24H2,1H3,(H,28,29)/b13-12+. The number of carbonyl (C=O) groups is 2. The van der Waals surface area contributed by atoms with Crippen molar-refractivity contribution < 1.29 is 19.4 Å². The molecule has 0 rings (SSSR count). The molecule has 0 aromatic rings. The summed E-state index contributed by atoms with van der Waals surface area (Å²) in [7, 11) is 0. The Hall–Kier alpha value is -1.58. The lowest BCUT2D eigenvalue weighted by Gasteiger charge is -2.13. The first-order valence-electron chi connectivity index (χ1n) is 12.8. The van der Waals surface area contributed by atoms with Crippen molar-refractivity contribution in [1.29, 1.82) is 0 Å². The quantitative estimate of drug-likeness (QED) is 0.100. The van der Waals surface area contributed by atoms with Gasteiger partial charge in [-0.15, -0.1) is 0 Å². The molecule has 0 saturated heterocycles. The highest BCUT2D eigenvalue weighted by Crippen LogP contribution is 2.18. The van der Waals surface area contributed by atoms with Gasteiger partial charge < -0.3 is 9.84 Å². The van der Waals surface area contributed by atoms with Crippen LogP contribution >= 0.6 is 0 Å². The van der Waals surface area contributed by atoms with Crippen molar-refractivity contribution >= 4 is 11.9 Å². The molecule has 0 aromatic carbocycles. The number of esters is 1. The molecule has 1 N–H and O–H groups in total. The largest absolute Gasteiger partial charge is 0.481 e. The van der Waals surface area contributed by atoms with E-state index in [1.807, 2.05) is 0 Å². The van der Waals surface area contributed by atoms with E-state index < -0.39 is 17.9 Å². The van der Waals surface area contributed by atoms with E-state index in [9.17, 15) is 9.59 Å². The monoisotopic (exact) mass is 436 g/mol. The highest BCUT2D eigenvalue weighted by molar-refractivity contribution is 5.79. The lowest BCUT2D eigenvalue weighted by atomic mass is 9.97. The van der Waals surface area contributed by atoms with Crippen LogP contribution in [0.25, 0.3) is 0 Å². The summed E-state index contributed by atoms with van der Waals surface area (Å²) < 4.78 is 5.02. The third-order valence-electron chi connectivity index (χ3n) is 5.66. The normalized spacial score (nSPS) is 12.2. The number of aliphatic carboxylic acids is 1. The van der Waals surface area contributed by atoms with Crippen LogP contribution in [-0.2, 0) is 14.3 Å². The predicted octanol–water partition coefficient (Wildman–Crippen LogP) is 8.01. The van der Waals surface area contributed by atoms with Gasteiger partial charge in [-0.2, -0.15) is 0 Å². The van der Waals surface area contributed by atoms with Crippen molar-refractivity contribution in [2.24, 2.45) is 5.92 Å². The second-order valence-corrected chi connectivity index (χ2v) is 8.65. The molecule has 0 heterocycles. The molecule has 1 unspecified atom stereocenters. The topological polar surface area (TPSA) is 63.6 Å². The Morgan fingerprint density at radius 3 is 1.77 bits per heavy atom. The van der Waals surface area contributed by atoms with Crippen LogP contribution in [0.4, 0.5) is 0 Å². The Balaban J connectivity index is 3.52. The zero-order chi connectivity index (χ0) is 23.0. The van der Waals surface area contributed by atoms with Crippen LogP contribution in [0.2, 0.25) is 0 Å². The molecule has 4 heteroatoms. The predicted molar refractivity (Wildman–Crippen MR) is 130 cm³/mol. The first-order chi connectivity index (χ1) is 15.1. The summed E-state index contributed by atoms with van der Waals surface area (Å²) in [5, 5.41) is 8.98. The van der Waals surface area contributed by atoms with E-state index >= 15 is 0 Å². The van der Waals surface area contributed by atoms with E-state index in [2.05, 4.69) is 25.7 Å². The molecule has 4 nitrogen and oxygen atoms in total. The minimum Gasteiger partial charge on any atom is -0.481 e. The van der Waals surface area contributed by atoms with E-state index in [0.29, 0.717) is 6.42 Å². The summed E-state index contributed by atoms with van der Waals surface area (Å²) in [6.45, 7) is 5.91. The number of carboxylic acids is 1. The summed E-state index contributed by atoms with van der Waals surface area (Å²) in [6, 6.07) is 0. The first-order valence-corrected chi connectivity index (χ1v) is 12.8. The van der Waals surface area contributed by atoms with E-state index in [4.69, 9.17) is 9.84 Å². The van der Waals surface area contributed by atoms with Gasteiger partial charge in [0.05, 0.1) is 12.3 Å². The van der Waals surface area contributed by atoms with E-state index in [1.54, 1.807) is 0 Å². The highest BCUT2D eigenvalue weighted by atomic mass is 16.5. The van der Waals surface area contributed by atoms with Crippen molar-refractivity contribution in [2.45, 2.75) is 122 Å². The number of ether oxygens (including phenoxy) is 1. The number of unbranched alkanes of at least 4 members (excludes halogenated alkanes) is 14. The molecule has 0 radical (unpaired) electrons. The van der Waals surface area contributed by atoms with Crippen LogP contribution in [0.15, 0.2) is 24.8 Å². The first kappa shape index (κ1) is 29.4. The Labute approximate surface area is 191 Å². The van der Waals surface area contributed by atoms with Crippen molar-refractivity contribution in [1.82, 2.24) is 0 Å². The smallest absolute Gasteiger partial charge is 0.309 e. The van der Waals surface area contributed by atoms with Crippen LogP contribution < -0.4 is 0 Å². The van der Waals surface area contributed by atoms with Crippen LogP contribution in [0.5, 0.6) is 0 Å². The fourth-order valence-electron chi connectivity index (χ4n) is 3.76. The number of allylic oxidation sites excluding steroid dienone is 2. The van der Waals surface area contributed by atoms with E-state index in [-0.39, 0.29) is 13.0 Å². The molecule has 0 saturated carbocycles. The minimum atomic E-state index is -0.947. The third-order valence-corrected chi connectivity index (χ3v) is 5.66. The van der Waals surface area contributed by atoms with Crippen molar-refractivity contribution in [3.05, 3.63) is 24.8 Å². The van der Waals surface area contributed by atoms with Gasteiger partial charge >= 0.3 is 11.9 Å². The lowest BCUT2D eigenvalue weighted by Crippen LogP contribution is -2.21. The Kier molecular flexibility index (Phi) is 21.9. The van der Waals surface area contributed by atoms with Gasteiger partial charge in [-0.05, 0) is 32.1 Å². The minimum absolute atomic E-state index is 0.142. The maximum atomic E-state index is 11.9. The van der Waals surface area contributed by atoms with Crippen LogP contribution in [0.1, 0.15) is 122 Å². The Morgan fingerprint density at radius 2 is 1.29 bits per heavy atom. The number of hydrogen-bond donors (Lipinski definition) is 1. The maximum absolute atomic E-state index is 11.9. The molecule has 0 amide bonds. The summed E-state index contributed by atoms with van der Waals surface area (Å²) in [5.41, 5.74) is 0. The number of rotatable bonds is 23. The maximum Gasteiger partial charge on any atom is 0.309 e. The second-order valence-electron chi connectivity index (χ2n) is 8.65. The fourth-order valence-corrected chi connectivity index (χ4v) is 3.76. The molecule has 0 spiro atoms. The molecule has 0 bridgehead atoms. The summed E-state index contributed by atoms with van der Waals surface area (Å²) in [5.74, 6) is -1.90. The molecule has 180 valence electrons. The average molecular weight is 437 g/mol. The van der Waals surface area contributed by atoms with Gasteiger partial charge in [0.15, 0.2) is 0 Å². The molecule has 31 heavy (non-hydrogen) atoms. The van der Waals surface area contributed by atoms with Crippen molar-refractivity contribution in [3.63, 3.8) is 0 Å². The summed E-state index contributed by atoms with van der Waals surface area (Å²) >= 11 is 0. The van der Waals surface area contributed by atoms with Crippen LogP contribution in [-0.4, -0.2) is 23.7 Å². The highest BCUT2D eigenvalue weighted by Gasteiger charge is 2.22. The molecule has 0 aromatic heterocycles. The Morgan fingerprint density at radius 1 is 0.806 bits per heavy atom. The van der Waals surface area contributed by atoms with Gasteiger partial charge in [0, 0.05) is 0 Å².